The molecule has 2 rings (SSSR count). The maximum absolute atomic E-state index is 12.4. The molecule has 1 heterocycles. The molecule has 2 unspecified atom stereocenters. The largest absolute Gasteiger partial charge is 0.508 e. The fraction of sp³-hybridized carbons (Fsp3) is 0.467. The number of phenolic OH excluding ortho intramolecular Hbond substituents is 1. The van der Waals surface area contributed by atoms with Gasteiger partial charge in [0.05, 0.1) is 0 Å². The van der Waals surface area contributed by atoms with E-state index in [1.54, 1.807) is 43.0 Å². The molecule has 5 nitrogen and oxygen atoms in total. The van der Waals surface area contributed by atoms with E-state index in [0.717, 1.165) is 5.56 Å². The smallest absolute Gasteiger partial charge is 0.246 e. The highest BCUT2D eigenvalue weighted by atomic mass is 16.3. The van der Waals surface area contributed by atoms with E-state index < -0.39 is 11.6 Å². The summed E-state index contributed by atoms with van der Waals surface area (Å²) in [6.07, 6.45) is 0.551. The molecular weight excluding hydrogens is 256 g/mol. The second kappa shape index (κ2) is 5.15. The molecule has 1 saturated heterocycles. The maximum Gasteiger partial charge on any atom is 0.246 e. The van der Waals surface area contributed by atoms with Crippen LogP contribution in [-0.2, 0) is 16.1 Å². The molecule has 1 aliphatic rings. The van der Waals surface area contributed by atoms with Gasteiger partial charge in [-0.1, -0.05) is 19.1 Å². The third-order valence-corrected chi connectivity index (χ3v) is 4.03. The minimum Gasteiger partial charge on any atom is -0.508 e. The monoisotopic (exact) mass is 276 g/mol. The van der Waals surface area contributed by atoms with Gasteiger partial charge in [-0.25, -0.2) is 0 Å². The van der Waals surface area contributed by atoms with Crippen LogP contribution in [0.2, 0.25) is 0 Å². The van der Waals surface area contributed by atoms with Crippen LogP contribution in [0.15, 0.2) is 24.3 Å². The third-order valence-electron chi connectivity index (χ3n) is 4.03. The minimum absolute atomic E-state index is 0.0815. The minimum atomic E-state index is -0.832. The lowest BCUT2D eigenvalue weighted by Gasteiger charge is -2.45. The zero-order chi connectivity index (χ0) is 14.9. The van der Waals surface area contributed by atoms with Gasteiger partial charge in [-0.3, -0.25) is 9.59 Å². The van der Waals surface area contributed by atoms with Crippen LogP contribution in [0.4, 0.5) is 0 Å². The van der Waals surface area contributed by atoms with E-state index in [2.05, 4.69) is 5.32 Å². The van der Waals surface area contributed by atoms with Crippen LogP contribution in [0, 0.1) is 0 Å². The van der Waals surface area contributed by atoms with Crippen molar-refractivity contribution in [2.45, 2.75) is 45.3 Å². The Bertz CT molecular complexity index is 526. The average Bonchev–Trinajstić information content (AvgIpc) is 2.43. The zero-order valence-electron chi connectivity index (χ0n) is 12.0. The Kier molecular flexibility index (Phi) is 3.70. The summed E-state index contributed by atoms with van der Waals surface area (Å²) in [7, 11) is 0. The number of carbonyl (C=O) groups is 2. The van der Waals surface area contributed by atoms with Gasteiger partial charge in [0.15, 0.2) is 0 Å². The lowest BCUT2D eigenvalue weighted by molar-refractivity contribution is -0.157. The molecule has 0 spiro atoms. The van der Waals surface area contributed by atoms with Crippen LogP contribution < -0.4 is 5.32 Å². The van der Waals surface area contributed by atoms with Crippen LogP contribution in [0.5, 0.6) is 5.75 Å². The van der Waals surface area contributed by atoms with Crippen LogP contribution in [0.3, 0.4) is 0 Å². The first-order chi connectivity index (χ1) is 9.38. The molecule has 0 bridgehead atoms. The second-order valence-corrected chi connectivity index (χ2v) is 5.41. The van der Waals surface area contributed by atoms with Crippen molar-refractivity contribution in [3.63, 3.8) is 0 Å². The summed E-state index contributed by atoms with van der Waals surface area (Å²) < 4.78 is 0. The Morgan fingerprint density at radius 2 is 1.90 bits per heavy atom. The van der Waals surface area contributed by atoms with E-state index >= 15 is 0 Å². The van der Waals surface area contributed by atoms with E-state index in [-0.39, 0.29) is 17.6 Å². The summed E-state index contributed by atoms with van der Waals surface area (Å²) in [5.74, 6) is -0.0176. The Labute approximate surface area is 118 Å². The van der Waals surface area contributed by atoms with Crippen molar-refractivity contribution in [1.82, 2.24) is 10.2 Å². The maximum atomic E-state index is 12.4. The lowest BCUT2D eigenvalue weighted by Crippen LogP contribution is -2.68. The number of hydrogen-bond acceptors (Lipinski definition) is 3. The van der Waals surface area contributed by atoms with Crippen LogP contribution >= 0.6 is 0 Å². The van der Waals surface area contributed by atoms with Crippen molar-refractivity contribution in [3.05, 3.63) is 29.8 Å². The Balaban J connectivity index is 2.31. The van der Waals surface area contributed by atoms with E-state index in [1.807, 2.05) is 6.92 Å². The number of carbonyl (C=O) groups excluding carboxylic acids is 2. The number of nitrogens with one attached hydrogen (secondary N) is 1. The number of amides is 2. The third kappa shape index (κ3) is 2.35. The molecule has 1 aromatic carbocycles. The summed E-state index contributed by atoms with van der Waals surface area (Å²) in [6.45, 7) is 5.74. The van der Waals surface area contributed by atoms with Crippen molar-refractivity contribution in [1.29, 1.82) is 0 Å². The van der Waals surface area contributed by atoms with Crippen LogP contribution in [0.1, 0.15) is 32.8 Å². The predicted molar refractivity (Wildman–Crippen MR) is 75.0 cm³/mol. The molecule has 5 heteroatoms. The van der Waals surface area contributed by atoms with E-state index in [1.165, 1.54) is 0 Å². The fourth-order valence-corrected chi connectivity index (χ4v) is 2.40. The van der Waals surface area contributed by atoms with E-state index in [9.17, 15) is 14.7 Å². The fourth-order valence-electron chi connectivity index (χ4n) is 2.40. The molecule has 1 aromatic rings. The Hall–Kier alpha value is -2.04. The average molecular weight is 276 g/mol. The molecule has 20 heavy (non-hydrogen) atoms. The molecule has 2 N–H and O–H groups in total. The molecule has 0 aromatic heterocycles. The van der Waals surface area contributed by atoms with Gasteiger partial charge in [0.1, 0.15) is 17.3 Å². The van der Waals surface area contributed by atoms with Gasteiger partial charge in [-0.2, -0.15) is 0 Å². The first-order valence-electron chi connectivity index (χ1n) is 6.79. The van der Waals surface area contributed by atoms with E-state index in [0.29, 0.717) is 13.0 Å². The molecule has 1 aliphatic heterocycles. The van der Waals surface area contributed by atoms with Crippen LogP contribution in [0.25, 0.3) is 0 Å². The quantitative estimate of drug-likeness (QED) is 0.877. The zero-order valence-corrected chi connectivity index (χ0v) is 12.0. The molecule has 0 saturated carbocycles. The standard InChI is InChI=1S/C15H20N2O3/c1-4-15(3)14(20)16-10(2)13(19)17(15)9-11-5-7-12(18)8-6-11/h5-8,10,18H,4,9H2,1-3H3,(H,16,20). The van der Waals surface area contributed by atoms with Gasteiger partial charge in [0, 0.05) is 6.54 Å². The second-order valence-electron chi connectivity index (χ2n) is 5.41. The van der Waals surface area contributed by atoms with E-state index in [4.69, 9.17) is 0 Å². The van der Waals surface area contributed by atoms with Gasteiger partial charge in [-0.15, -0.1) is 0 Å². The molecular formula is C15H20N2O3. The molecule has 2 amide bonds. The van der Waals surface area contributed by atoms with Gasteiger partial charge < -0.3 is 15.3 Å². The highest BCUT2D eigenvalue weighted by Crippen LogP contribution is 2.27. The number of piperazine rings is 1. The van der Waals surface area contributed by atoms with Crippen molar-refractivity contribution >= 4 is 11.8 Å². The lowest BCUT2D eigenvalue weighted by atomic mass is 9.90. The molecule has 1 fully saturated rings. The Morgan fingerprint density at radius 1 is 1.30 bits per heavy atom. The first kappa shape index (κ1) is 14.4. The summed E-state index contributed by atoms with van der Waals surface area (Å²) in [5.41, 5.74) is 0.0549. The highest BCUT2D eigenvalue weighted by Gasteiger charge is 2.46. The van der Waals surface area contributed by atoms with Crippen molar-refractivity contribution in [2.24, 2.45) is 0 Å². The van der Waals surface area contributed by atoms with Gasteiger partial charge in [0.2, 0.25) is 11.8 Å². The number of benzene rings is 1. The number of nitrogens with zero attached hydrogens (tertiary/aromatic N) is 1. The summed E-state index contributed by atoms with van der Waals surface area (Å²) in [4.78, 5) is 26.2. The highest BCUT2D eigenvalue weighted by molar-refractivity contribution is 5.99. The number of rotatable bonds is 3. The summed E-state index contributed by atoms with van der Waals surface area (Å²) >= 11 is 0. The Morgan fingerprint density at radius 3 is 2.45 bits per heavy atom. The van der Waals surface area contributed by atoms with Crippen molar-refractivity contribution in [2.75, 3.05) is 0 Å². The topological polar surface area (TPSA) is 69.6 Å². The summed E-state index contributed by atoms with van der Waals surface area (Å²) in [6, 6.07) is 6.18. The number of hydrogen-bond donors (Lipinski definition) is 2. The number of phenols is 1. The van der Waals surface area contributed by atoms with Crippen molar-refractivity contribution in [3.8, 4) is 5.75 Å². The molecule has 0 radical (unpaired) electrons. The van der Waals surface area contributed by atoms with Crippen LogP contribution in [-0.4, -0.2) is 33.4 Å². The first-order valence-corrected chi connectivity index (χ1v) is 6.79. The normalized spacial score (nSPS) is 26.6. The molecule has 0 aliphatic carbocycles. The predicted octanol–water partition coefficient (Wildman–Crippen LogP) is 1.41. The van der Waals surface area contributed by atoms with Gasteiger partial charge in [0.25, 0.3) is 0 Å². The summed E-state index contributed by atoms with van der Waals surface area (Å²) in [5, 5.41) is 12.0. The van der Waals surface area contributed by atoms with Gasteiger partial charge >= 0.3 is 0 Å². The SMILES string of the molecule is CCC1(C)C(=O)NC(C)C(=O)N1Cc1ccc(O)cc1. The molecule has 108 valence electrons. The van der Waals surface area contributed by atoms with Crippen molar-refractivity contribution < 1.29 is 14.7 Å². The number of aromatic hydroxyl groups is 1. The molecule has 2 atom stereocenters. The van der Waals surface area contributed by atoms with Gasteiger partial charge in [-0.05, 0) is 38.0 Å².